The van der Waals surface area contributed by atoms with Crippen molar-refractivity contribution in [3.8, 4) is 12.3 Å². The average molecular weight is 317 g/mol. The molecule has 0 aromatic heterocycles. The molecule has 4 heteroatoms. The second-order valence-electron chi connectivity index (χ2n) is 5.99. The number of hydrogen-bond acceptors (Lipinski definition) is 3. The third-order valence-electron chi connectivity index (χ3n) is 4.75. The first kappa shape index (κ1) is 14.5. The predicted molar refractivity (Wildman–Crippen MR) is 89.2 cm³/mol. The maximum Gasteiger partial charge on any atom is 0.308 e. The van der Waals surface area contributed by atoms with E-state index >= 15 is 0 Å². The average Bonchev–Trinajstić information content (AvgIpc) is 3.08. The number of amides is 1. The quantitative estimate of drug-likeness (QED) is 0.632. The number of rotatable bonds is 2. The fourth-order valence-corrected chi connectivity index (χ4v) is 3.77. The van der Waals surface area contributed by atoms with Crippen molar-refractivity contribution in [1.29, 1.82) is 0 Å². The molecule has 0 radical (unpaired) electrons. The monoisotopic (exact) mass is 317 g/mol. The van der Waals surface area contributed by atoms with Crippen molar-refractivity contribution in [3.63, 3.8) is 0 Å². The summed E-state index contributed by atoms with van der Waals surface area (Å²) in [4.78, 5) is 27.0. The molecule has 0 N–H and O–H groups in total. The lowest BCUT2D eigenvalue weighted by atomic mass is 9.78. The number of hydrogen-bond donors (Lipinski definition) is 0. The van der Waals surface area contributed by atoms with Crippen LogP contribution in [0.3, 0.4) is 0 Å². The zero-order chi connectivity index (χ0) is 16.7. The van der Waals surface area contributed by atoms with E-state index in [1.54, 1.807) is 0 Å². The van der Waals surface area contributed by atoms with Crippen LogP contribution < -0.4 is 4.90 Å². The van der Waals surface area contributed by atoms with Gasteiger partial charge in [-0.1, -0.05) is 54.5 Å². The molecule has 2 aromatic rings. The van der Waals surface area contributed by atoms with Crippen LogP contribution >= 0.6 is 0 Å². The lowest BCUT2D eigenvalue weighted by molar-refractivity contribution is -0.157. The molecule has 0 aliphatic carbocycles. The number of para-hydroxylation sites is 1. The Morgan fingerprint density at radius 2 is 1.83 bits per heavy atom. The molecule has 1 spiro atoms. The molecule has 2 heterocycles. The molecule has 4 nitrogen and oxygen atoms in total. The number of terminal acetylenes is 1. The van der Waals surface area contributed by atoms with Gasteiger partial charge in [0.1, 0.15) is 0 Å². The van der Waals surface area contributed by atoms with Gasteiger partial charge in [0.05, 0.1) is 18.7 Å². The van der Waals surface area contributed by atoms with Crippen LogP contribution in [0.15, 0.2) is 54.6 Å². The Morgan fingerprint density at radius 1 is 1.12 bits per heavy atom. The molecule has 4 rings (SSSR count). The maximum absolute atomic E-state index is 13.3. The van der Waals surface area contributed by atoms with Crippen LogP contribution in [0.2, 0.25) is 0 Å². The Hall–Kier alpha value is -3.06. The van der Waals surface area contributed by atoms with Crippen molar-refractivity contribution >= 4 is 17.6 Å². The van der Waals surface area contributed by atoms with Gasteiger partial charge in [-0.25, -0.2) is 0 Å². The summed E-state index contributed by atoms with van der Waals surface area (Å²) in [5, 5.41) is 0. The van der Waals surface area contributed by atoms with Crippen molar-refractivity contribution in [2.45, 2.75) is 17.9 Å². The molecule has 1 amide bonds. The van der Waals surface area contributed by atoms with Gasteiger partial charge in [0, 0.05) is 11.5 Å². The number of nitrogens with zero attached hydrogens (tertiary/aromatic N) is 1. The van der Waals surface area contributed by atoms with E-state index in [1.807, 2.05) is 54.6 Å². The normalized spacial score (nSPS) is 24.8. The first-order chi connectivity index (χ1) is 11.7. The molecule has 2 atom stereocenters. The molecule has 1 fully saturated rings. The Morgan fingerprint density at radius 3 is 2.58 bits per heavy atom. The minimum atomic E-state index is -1.31. The van der Waals surface area contributed by atoms with E-state index in [0.29, 0.717) is 5.56 Å². The summed E-state index contributed by atoms with van der Waals surface area (Å²) in [5.74, 6) is 1.53. The highest BCUT2D eigenvalue weighted by molar-refractivity contribution is 6.10. The molecule has 2 aromatic carbocycles. The predicted octanol–water partition coefficient (Wildman–Crippen LogP) is 2.59. The summed E-state index contributed by atoms with van der Waals surface area (Å²) in [6, 6.07) is 16.9. The fraction of sp³-hybridized carbons (Fsp3) is 0.200. The lowest BCUT2D eigenvalue weighted by Crippen LogP contribution is -2.43. The second-order valence-corrected chi connectivity index (χ2v) is 5.99. The van der Waals surface area contributed by atoms with E-state index in [1.165, 1.54) is 4.90 Å². The zero-order valence-corrected chi connectivity index (χ0v) is 12.9. The molecular weight excluding hydrogens is 302 g/mol. The van der Waals surface area contributed by atoms with Gasteiger partial charge >= 0.3 is 5.97 Å². The van der Waals surface area contributed by atoms with Gasteiger partial charge in [-0.2, -0.15) is 0 Å². The molecule has 2 aliphatic heterocycles. The van der Waals surface area contributed by atoms with Crippen LogP contribution in [-0.2, 0) is 19.9 Å². The number of ether oxygens (including phenoxy) is 1. The first-order valence-corrected chi connectivity index (χ1v) is 7.80. The van der Waals surface area contributed by atoms with E-state index in [4.69, 9.17) is 11.2 Å². The maximum atomic E-state index is 13.3. The molecule has 2 aliphatic rings. The minimum absolute atomic E-state index is 0.149. The second kappa shape index (κ2) is 5.24. The summed E-state index contributed by atoms with van der Waals surface area (Å²) in [7, 11) is 0. The molecule has 0 saturated carbocycles. The lowest BCUT2D eigenvalue weighted by Gasteiger charge is -2.28. The van der Waals surface area contributed by atoms with Gasteiger partial charge in [-0.05, 0) is 11.6 Å². The highest BCUT2D eigenvalue weighted by atomic mass is 16.6. The van der Waals surface area contributed by atoms with Gasteiger partial charge in [0.25, 0.3) is 5.91 Å². The van der Waals surface area contributed by atoms with Gasteiger partial charge in [-0.3, -0.25) is 14.5 Å². The fourth-order valence-electron chi connectivity index (χ4n) is 3.77. The number of anilines is 1. The third-order valence-corrected chi connectivity index (χ3v) is 4.75. The molecule has 0 unspecified atom stereocenters. The molecule has 1 saturated heterocycles. The highest BCUT2D eigenvalue weighted by Crippen LogP contribution is 2.55. The van der Waals surface area contributed by atoms with Gasteiger partial charge in [0.2, 0.25) is 5.60 Å². The zero-order valence-electron chi connectivity index (χ0n) is 12.9. The summed E-state index contributed by atoms with van der Waals surface area (Å²) >= 11 is 0. The van der Waals surface area contributed by atoms with Crippen LogP contribution in [0.1, 0.15) is 23.5 Å². The molecule has 118 valence electrons. The van der Waals surface area contributed by atoms with Crippen LogP contribution in [0, 0.1) is 12.3 Å². The van der Waals surface area contributed by atoms with Crippen LogP contribution in [-0.4, -0.2) is 18.4 Å². The Bertz CT molecular complexity index is 868. The Kier molecular flexibility index (Phi) is 3.17. The molecular formula is C20H15NO3. The summed E-state index contributed by atoms with van der Waals surface area (Å²) in [5.41, 5.74) is 1.03. The van der Waals surface area contributed by atoms with Crippen LogP contribution in [0.5, 0.6) is 0 Å². The van der Waals surface area contributed by atoms with Crippen molar-refractivity contribution in [2.75, 3.05) is 11.4 Å². The van der Waals surface area contributed by atoms with Crippen molar-refractivity contribution in [3.05, 3.63) is 65.7 Å². The topological polar surface area (TPSA) is 46.6 Å². The van der Waals surface area contributed by atoms with Crippen molar-refractivity contribution in [1.82, 2.24) is 0 Å². The minimum Gasteiger partial charge on any atom is -0.443 e. The smallest absolute Gasteiger partial charge is 0.308 e. The Balaban J connectivity index is 1.93. The standard InChI is InChI=1S/C20H15NO3/c1-2-12-21-17-11-7-6-10-15(17)20(19(21)23)16(13-18(22)24-20)14-8-4-3-5-9-14/h1,3-11,16H,12-13H2/t16-,20-/m1/s1. The van der Waals surface area contributed by atoms with Gasteiger partial charge in [-0.15, -0.1) is 6.42 Å². The Labute approximate surface area is 140 Å². The molecule has 24 heavy (non-hydrogen) atoms. The van der Waals surface area contributed by atoms with E-state index in [9.17, 15) is 9.59 Å². The van der Waals surface area contributed by atoms with E-state index in [0.717, 1.165) is 11.3 Å². The number of carbonyl (C=O) groups is 2. The summed E-state index contributed by atoms with van der Waals surface area (Å²) in [6.07, 6.45) is 5.61. The van der Waals surface area contributed by atoms with Crippen LogP contribution in [0.25, 0.3) is 0 Å². The first-order valence-electron chi connectivity index (χ1n) is 7.80. The highest BCUT2D eigenvalue weighted by Gasteiger charge is 2.62. The summed E-state index contributed by atoms with van der Waals surface area (Å²) in [6.45, 7) is 0.149. The third kappa shape index (κ3) is 1.82. The van der Waals surface area contributed by atoms with Crippen LogP contribution in [0.4, 0.5) is 5.69 Å². The number of fused-ring (bicyclic) bond motifs is 2. The van der Waals surface area contributed by atoms with Gasteiger partial charge < -0.3 is 4.74 Å². The van der Waals surface area contributed by atoms with Crippen molar-refractivity contribution in [2.24, 2.45) is 0 Å². The largest absolute Gasteiger partial charge is 0.443 e. The molecule has 0 bridgehead atoms. The van der Waals surface area contributed by atoms with E-state index in [-0.39, 0.29) is 30.8 Å². The van der Waals surface area contributed by atoms with E-state index < -0.39 is 5.60 Å². The number of benzene rings is 2. The van der Waals surface area contributed by atoms with Crippen molar-refractivity contribution < 1.29 is 14.3 Å². The van der Waals surface area contributed by atoms with E-state index in [2.05, 4.69) is 5.92 Å². The number of carbonyl (C=O) groups excluding carboxylic acids is 2. The SMILES string of the molecule is C#CCN1C(=O)[C@@]2(OC(=O)C[C@@H]2c2ccccc2)c2ccccc21. The summed E-state index contributed by atoms with van der Waals surface area (Å²) < 4.78 is 5.69. The van der Waals surface area contributed by atoms with Gasteiger partial charge in [0.15, 0.2) is 0 Å². The number of esters is 1.